The maximum Gasteiger partial charge on any atom is 0.341 e. The minimum atomic E-state index is -0.448. The zero-order valence-electron chi connectivity index (χ0n) is 8.04. The van der Waals surface area contributed by atoms with Crippen molar-refractivity contribution in [2.24, 2.45) is 0 Å². The van der Waals surface area contributed by atoms with E-state index in [1.54, 1.807) is 18.2 Å². The van der Waals surface area contributed by atoms with Gasteiger partial charge in [-0.1, -0.05) is 17.7 Å². The van der Waals surface area contributed by atoms with Crippen LogP contribution in [0, 0.1) is 0 Å². The molecule has 4 heteroatoms. The summed E-state index contributed by atoms with van der Waals surface area (Å²) in [5, 5.41) is 0.412. The highest BCUT2D eigenvalue weighted by atomic mass is 35.5. The topological polar surface area (TPSA) is 35.5 Å². The Labute approximate surface area is 87.6 Å². The van der Waals surface area contributed by atoms with Crippen LogP contribution < -0.4 is 4.74 Å². The van der Waals surface area contributed by atoms with Crippen LogP contribution in [0.25, 0.3) is 0 Å². The maximum atomic E-state index is 11.3. The molecular formula is C10H11ClO3. The number of hydrogen-bond donors (Lipinski definition) is 0. The van der Waals surface area contributed by atoms with Gasteiger partial charge in [-0.25, -0.2) is 4.79 Å². The maximum absolute atomic E-state index is 11.3. The van der Waals surface area contributed by atoms with E-state index in [-0.39, 0.29) is 0 Å². The van der Waals surface area contributed by atoms with Crippen LogP contribution >= 0.6 is 11.6 Å². The zero-order valence-corrected chi connectivity index (χ0v) is 8.80. The summed E-state index contributed by atoms with van der Waals surface area (Å²) in [6, 6.07) is 4.96. The Balaban J connectivity index is 3.13. The number of methoxy groups -OCH3 is 1. The van der Waals surface area contributed by atoms with E-state index in [0.29, 0.717) is 22.9 Å². The first kappa shape index (κ1) is 10.9. The number of benzene rings is 1. The molecule has 0 fully saturated rings. The Morgan fingerprint density at radius 1 is 1.50 bits per heavy atom. The van der Waals surface area contributed by atoms with Crippen molar-refractivity contribution in [1.82, 2.24) is 0 Å². The van der Waals surface area contributed by atoms with Crippen molar-refractivity contribution in [3.05, 3.63) is 28.8 Å². The Bertz CT molecular complexity index is 336. The monoisotopic (exact) mass is 214 g/mol. The van der Waals surface area contributed by atoms with Crippen LogP contribution in [0.3, 0.4) is 0 Å². The molecule has 0 aliphatic heterocycles. The van der Waals surface area contributed by atoms with Crippen molar-refractivity contribution in [3.63, 3.8) is 0 Å². The van der Waals surface area contributed by atoms with Gasteiger partial charge >= 0.3 is 5.97 Å². The fourth-order valence-electron chi connectivity index (χ4n) is 1.07. The molecule has 0 saturated heterocycles. The van der Waals surface area contributed by atoms with Crippen molar-refractivity contribution in [2.45, 2.75) is 6.92 Å². The standard InChI is InChI=1S/C10H11ClO3/c1-3-14-9-7(10(12)13-2)5-4-6-8(9)11/h4-6H,3H2,1-2H3. The van der Waals surface area contributed by atoms with Crippen molar-refractivity contribution in [1.29, 1.82) is 0 Å². The molecule has 3 nitrogen and oxygen atoms in total. The predicted octanol–water partition coefficient (Wildman–Crippen LogP) is 2.53. The van der Waals surface area contributed by atoms with E-state index in [2.05, 4.69) is 4.74 Å². The normalized spacial score (nSPS) is 9.64. The lowest BCUT2D eigenvalue weighted by atomic mass is 10.2. The van der Waals surface area contributed by atoms with Crippen molar-refractivity contribution < 1.29 is 14.3 Å². The minimum absolute atomic E-state index is 0.349. The summed E-state index contributed by atoms with van der Waals surface area (Å²) in [6.45, 7) is 2.28. The lowest BCUT2D eigenvalue weighted by molar-refractivity contribution is 0.0596. The van der Waals surface area contributed by atoms with Gasteiger partial charge in [0.1, 0.15) is 5.56 Å². The van der Waals surface area contributed by atoms with E-state index in [1.165, 1.54) is 7.11 Å². The fourth-order valence-corrected chi connectivity index (χ4v) is 1.30. The van der Waals surface area contributed by atoms with Crippen molar-refractivity contribution in [3.8, 4) is 5.75 Å². The lowest BCUT2D eigenvalue weighted by Gasteiger charge is -2.09. The second-order valence-corrected chi connectivity index (χ2v) is 2.95. The Morgan fingerprint density at radius 2 is 2.21 bits per heavy atom. The smallest absolute Gasteiger partial charge is 0.341 e. The summed E-state index contributed by atoms with van der Waals surface area (Å²) >= 11 is 5.88. The van der Waals surface area contributed by atoms with Gasteiger partial charge in [-0.05, 0) is 19.1 Å². The SMILES string of the molecule is CCOc1c(Cl)cccc1C(=O)OC. The van der Waals surface area contributed by atoms with E-state index in [4.69, 9.17) is 16.3 Å². The van der Waals surface area contributed by atoms with Gasteiger partial charge in [-0.15, -0.1) is 0 Å². The first-order chi connectivity index (χ1) is 6.70. The van der Waals surface area contributed by atoms with Crippen molar-refractivity contribution >= 4 is 17.6 Å². The van der Waals surface area contributed by atoms with Gasteiger partial charge in [0.05, 0.1) is 18.7 Å². The molecular weight excluding hydrogens is 204 g/mol. The number of carbonyl (C=O) groups excluding carboxylic acids is 1. The largest absolute Gasteiger partial charge is 0.491 e. The summed E-state index contributed by atoms with van der Waals surface area (Å²) in [5.41, 5.74) is 0.349. The van der Waals surface area contributed by atoms with Crippen LogP contribution in [0.4, 0.5) is 0 Å². The molecule has 0 N–H and O–H groups in total. The summed E-state index contributed by atoms with van der Waals surface area (Å²) in [4.78, 5) is 11.3. The third kappa shape index (κ3) is 2.17. The second kappa shape index (κ2) is 4.86. The van der Waals surface area contributed by atoms with Gasteiger partial charge in [0.2, 0.25) is 0 Å². The van der Waals surface area contributed by atoms with Gasteiger partial charge in [0, 0.05) is 0 Å². The molecule has 0 heterocycles. The molecule has 0 saturated carbocycles. The Hall–Kier alpha value is -1.22. The summed E-state index contributed by atoms with van der Waals surface area (Å²) in [6.07, 6.45) is 0. The van der Waals surface area contributed by atoms with Gasteiger partial charge in [-0.3, -0.25) is 0 Å². The van der Waals surface area contributed by atoms with E-state index < -0.39 is 5.97 Å². The molecule has 1 aromatic rings. The van der Waals surface area contributed by atoms with E-state index in [9.17, 15) is 4.79 Å². The molecule has 1 rings (SSSR count). The van der Waals surface area contributed by atoms with Crippen LogP contribution in [0.1, 0.15) is 17.3 Å². The van der Waals surface area contributed by atoms with Crippen LogP contribution in [-0.4, -0.2) is 19.7 Å². The average Bonchev–Trinajstić information content (AvgIpc) is 2.20. The van der Waals surface area contributed by atoms with E-state index >= 15 is 0 Å². The van der Waals surface area contributed by atoms with Crippen LogP contribution in [0.5, 0.6) is 5.75 Å². The quantitative estimate of drug-likeness (QED) is 0.726. The highest BCUT2D eigenvalue weighted by Gasteiger charge is 2.15. The molecule has 0 spiro atoms. The van der Waals surface area contributed by atoms with Gasteiger partial charge in [-0.2, -0.15) is 0 Å². The number of hydrogen-bond acceptors (Lipinski definition) is 3. The third-order valence-electron chi connectivity index (χ3n) is 1.66. The van der Waals surface area contributed by atoms with E-state index in [0.717, 1.165) is 0 Å². The number of carbonyl (C=O) groups is 1. The number of halogens is 1. The van der Waals surface area contributed by atoms with Crippen LogP contribution in [0.15, 0.2) is 18.2 Å². The first-order valence-corrected chi connectivity index (χ1v) is 4.58. The van der Waals surface area contributed by atoms with Crippen LogP contribution in [-0.2, 0) is 4.74 Å². The molecule has 0 radical (unpaired) electrons. The highest BCUT2D eigenvalue weighted by molar-refractivity contribution is 6.32. The molecule has 0 aliphatic carbocycles. The molecule has 0 atom stereocenters. The molecule has 0 amide bonds. The fraction of sp³-hybridized carbons (Fsp3) is 0.300. The molecule has 1 aromatic carbocycles. The predicted molar refractivity (Wildman–Crippen MR) is 54.0 cm³/mol. The molecule has 0 bridgehead atoms. The first-order valence-electron chi connectivity index (χ1n) is 4.20. The molecule has 0 aliphatic rings. The summed E-state index contributed by atoms with van der Waals surface area (Å²) in [7, 11) is 1.32. The minimum Gasteiger partial charge on any atom is -0.491 e. The van der Waals surface area contributed by atoms with Gasteiger partial charge in [0.15, 0.2) is 5.75 Å². The van der Waals surface area contributed by atoms with Crippen LogP contribution in [0.2, 0.25) is 5.02 Å². The van der Waals surface area contributed by atoms with Crippen molar-refractivity contribution in [2.75, 3.05) is 13.7 Å². The summed E-state index contributed by atoms with van der Waals surface area (Å²) in [5.74, 6) is -0.0699. The third-order valence-corrected chi connectivity index (χ3v) is 1.96. The Morgan fingerprint density at radius 3 is 2.79 bits per heavy atom. The zero-order chi connectivity index (χ0) is 10.6. The molecule has 0 unspecified atom stereocenters. The number of esters is 1. The lowest BCUT2D eigenvalue weighted by Crippen LogP contribution is -2.05. The number of rotatable bonds is 3. The number of ether oxygens (including phenoxy) is 2. The highest BCUT2D eigenvalue weighted by Crippen LogP contribution is 2.28. The summed E-state index contributed by atoms with van der Waals surface area (Å²) < 4.78 is 9.86. The van der Waals surface area contributed by atoms with Gasteiger partial charge in [0.25, 0.3) is 0 Å². The molecule has 76 valence electrons. The average molecular weight is 215 g/mol. The Kier molecular flexibility index (Phi) is 3.77. The number of para-hydroxylation sites is 1. The van der Waals surface area contributed by atoms with Gasteiger partial charge < -0.3 is 9.47 Å². The van der Waals surface area contributed by atoms with E-state index in [1.807, 2.05) is 6.92 Å². The molecule has 0 aromatic heterocycles. The second-order valence-electron chi connectivity index (χ2n) is 2.54. The molecule has 14 heavy (non-hydrogen) atoms.